The maximum Gasteiger partial charge on any atom is 0.263 e. The van der Waals surface area contributed by atoms with Gasteiger partial charge in [0, 0.05) is 12.3 Å². The Labute approximate surface area is 122 Å². The second-order valence-corrected chi connectivity index (χ2v) is 6.31. The van der Waals surface area contributed by atoms with Gasteiger partial charge in [-0.15, -0.1) is 0 Å². The predicted molar refractivity (Wildman–Crippen MR) is 73.5 cm³/mol. The number of nitrogens with one attached hydrogen (secondary N) is 1. The summed E-state index contributed by atoms with van der Waals surface area (Å²) in [6.45, 7) is 0. The van der Waals surface area contributed by atoms with E-state index in [0.717, 1.165) is 18.3 Å². The molecule has 0 amide bonds. The summed E-state index contributed by atoms with van der Waals surface area (Å²) < 4.78 is 52.7. The summed E-state index contributed by atoms with van der Waals surface area (Å²) in [4.78, 5) is 3.41. The van der Waals surface area contributed by atoms with Gasteiger partial charge >= 0.3 is 0 Å². The molecule has 9 heteroatoms. The van der Waals surface area contributed by atoms with Crippen LogP contribution in [-0.4, -0.2) is 13.4 Å². The number of nitrogen functional groups attached to an aromatic ring is 1. The summed E-state index contributed by atoms with van der Waals surface area (Å²) >= 11 is 2.80. The Bertz CT molecular complexity index is 751. The first-order chi connectivity index (χ1) is 9.29. The maximum atomic E-state index is 13.6. The zero-order valence-electron chi connectivity index (χ0n) is 9.77. The molecule has 0 aliphatic carbocycles. The average molecular weight is 364 g/mol. The van der Waals surface area contributed by atoms with Crippen molar-refractivity contribution in [3.05, 3.63) is 46.6 Å². The molecule has 0 spiro atoms. The van der Waals surface area contributed by atoms with Crippen LogP contribution in [-0.2, 0) is 10.0 Å². The number of benzene rings is 1. The van der Waals surface area contributed by atoms with Crippen LogP contribution in [0.4, 0.5) is 20.3 Å². The number of pyridine rings is 1. The molecule has 1 heterocycles. The summed E-state index contributed by atoms with van der Waals surface area (Å²) in [6, 6.07) is 4.06. The SMILES string of the molecule is Nc1ccc(S(=O)(=O)Nc2cc(F)c(Br)cc2F)cn1. The van der Waals surface area contributed by atoms with Gasteiger partial charge in [0.15, 0.2) is 0 Å². The minimum absolute atomic E-state index is 0.105. The minimum atomic E-state index is -4.07. The van der Waals surface area contributed by atoms with Crippen LogP contribution in [0.15, 0.2) is 39.8 Å². The Balaban J connectivity index is 2.38. The standard InChI is InChI=1S/C11H8BrF2N3O2S/c12-7-3-9(14)10(4-8(7)13)17-20(18,19)6-1-2-11(15)16-5-6/h1-5,17H,(H2,15,16). The van der Waals surface area contributed by atoms with Gasteiger partial charge in [-0.2, -0.15) is 0 Å². The predicted octanol–water partition coefficient (Wildman–Crippen LogP) is 2.51. The molecule has 106 valence electrons. The molecule has 2 aromatic rings. The van der Waals surface area contributed by atoms with Gasteiger partial charge in [-0.1, -0.05) is 0 Å². The number of rotatable bonds is 3. The zero-order valence-corrected chi connectivity index (χ0v) is 12.2. The Hall–Kier alpha value is -1.74. The van der Waals surface area contributed by atoms with Crippen LogP contribution in [0.3, 0.4) is 0 Å². The lowest BCUT2D eigenvalue weighted by Crippen LogP contribution is -2.14. The third-order valence-electron chi connectivity index (χ3n) is 2.32. The smallest absolute Gasteiger partial charge is 0.263 e. The highest BCUT2D eigenvalue weighted by molar-refractivity contribution is 9.10. The van der Waals surface area contributed by atoms with E-state index in [4.69, 9.17) is 5.73 Å². The molecule has 0 unspecified atom stereocenters. The summed E-state index contributed by atoms with van der Waals surface area (Å²) in [7, 11) is -4.07. The topological polar surface area (TPSA) is 85.1 Å². The van der Waals surface area contributed by atoms with Crippen molar-refractivity contribution in [2.75, 3.05) is 10.5 Å². The molecule has 0 saturated heterocycles. The normalized spacial score (nSPS) is 11.3. The van der Waals surface area contributed by atoms with E-state index < -0.39 is 27.3 Å². The van der Waals surface area contributed by atoms with Gasteiger partial charge in [0.05, 0.1) is 10.2 Å². The van der Waals surface area contributed by atoms with Crippen molar-refractivity contribution in [2.24, 2.45) is 0 Å². The van der Waals surface area contributed by atoms with Crippen molar-refractivity contribution >= 4 is 37.5 Å². The van der Waals surface area contributed by atoms with Crippen LogP contribution in [0.1, 0.15) is 0 Å². The van der Waals surface area contributed by atoms with Crippen molar-refractivity contribution in [1.82, 2.24) is 4.98 Å². The molecule has 2 rings (SSSR count). The number of hydrogen-bond donors (Lipinski definition) is 2. The number of nitrogens with two attached hydrogens (primary N) is 1. The molecule has 0 aliphatic rings. The van der Waals surface area contributed by atoms with Crippen LogP contribution in [0.5, 0.6) is 0 Å². The lowest BCUT2D eigenvalue weighted by atomic mass is 10.3. The van der Waals surface area contributed by atoms with Crippen LogP contribution >= 0.6 is 15.9 Å². The van der Waals surface area contributed by atoms with Gasteiger partial charge < -0.3 is 5.73 Å². The van der Waals surface area contributed by atoms with Gasteiger partial charge in [-0.3, -0.25) is 4.72 Å². The third kappa shape index (κ3) is 3.05. The molecule has 0 atom stereocenters. The number of anilines is 2. The number of aromatic nitrogens is 1. The van der Waals surface area contributed by atoms with Crippen LogP contribution in [0.2, 0.25) is 0 Å². The number of halogens is 3. The Kier molecular flexibility index (Phi) is 3.91. The van der Waals surface area contributed by atoms with Crippen LogP contribution in [0.25, 0.3) is 0 Å². The van der Waals surface area contributed by atoms with E-state index in [0.29, 0.717) is 0 Å². The fourth-order valence-corrected chi connectivity index (χ4v) is 2.67. The fourth-order valence-electron chi connectivity index (χ4n) is 1.36. The van der Waals surface area contributed by atoms with Crippen molar-refractivity contribution in [3.8, 4) is 0 Å². The van der Waals surface area contributed by atoms with Crippen molar-refractivity contribution in [2.45, 2.75) is 4.90 Å². The van der Waals surface area contributed by atoms with Crippen LogP contribution in [0, 0.1) is 11.6 Å². The first-order valence-electron chi connectivity index (χ1n) is 5.18. The monoisotopic (exact) mass is 363 g/mol. The Morgan fingerprint density at radius 1 is 1.20 bits per heavy atom. The molecule has 3 N–H and O–H groups in total. The summed E-state index contributed by atoms with van der Waals surface area (Å²) in [5.74, 6) is -1.56. The van der Waals surface area contributed by atoms with Crippen molar-refractivity contribution < 1.29 is 17.2 Å². The lowest BCUT2D eigenvalue weighted by Gasteiger charge is -2.09. The second kappa shape index (κ2) is 5.33. The molecular weight excluding hydrogens is 356 g/mol. The zero-order chi connectivity index (χ0) is 14.9. The molecule has 1 aromatic carbocycles. The number of hydrogen-bond acceptors (Lipinski definition) is 4. The van der Waals surface area contributed by atoms with E-state index in [1.54, 1.807) is 0 Å². The van der Waals surface area contributed by atoms with Crippen molar-refractivity contribution in [1.29, 1.82) is 0 Å². The van der Waals surface area contributed by atoms with Crippen molar-refractivity contribution in [3.63, 3.8) is 0 Å². The molecule has 5 nitrogen and oxygen atoms in total. The molecule has 1 aromatic heterocycles. The van der Waals surface area contributed by atoms with Gasteiger partial charge in [0.2, 0.25) is 0 Å². The molecule has 0 aliphatic heterocycles. The Morgan fingerprint density at radius 3 is 2.50 bits per heavy atom. The quantitative estimate of drug-likeness (QED) is 0.820. The van der Waals surface area contributed by atoms with E-state index in [1.807, 2.05) is 4.72 Å². The second-order valence-electron chi connectivity index (χ2n) is 3.77. The van der Waals surface area contributed by atoms with Gasteiger partial charge in [0.1, 0.15) is 22.3 Å². The fraction of sp³-hybridized carbons (Fsp3) is 0. The van der Waals surface area contributed by atoms with E-state index in [9.17, 15) is 17.2 Å². The van der Waals surface area contributed by atoms with Gasteiger partial charge in [-0.25, -0.2) is 22.2 Å². The number of sulfonamides is 1. The maximum absolute atomic E-state index is 13.6. The molecule has 0 radical (unpaired) electrons. The summed E-state index contributed by atoms with van der Waals surface area (Å²) in [5, 5.41) is 0. The molecule has 0 fully saturated rings. The largest absolute Gasteiger partial charge is 0.384 e. The van der Waals surface area contributed by atoms with Gasteiger partial charge in [0.25, 0.3) is 10.0 Å². The van der Waals surface area contributed by atoms with Crippen LogP contribution < -0.4 is 10.5 Å². The molecule has 20 heavy (non-hydrogen) atoms. The summed E-state index contributed by atoms with van der Waals surface area (Å²) in [5.41, 5.74) is 4.84. The molecular formula is C11H8BrF2N3O2S. The molecule has 0 saturated carbocycles. The highest BCUT2D eigenvalue weighted by Gasteiger charge is 2.18. The first kappa shape index (κ1) is 14.7. The highest BCUT2D eigenvalue weighted by atomic mass is 79.9. The van der Waals surface area contributed by atoms with E-state index in [2.05, 4.69) is 20.9 Å². The summed E-state index contributed by atoms with van der Waals surface area (Å²) in [6.07, 6.45) is 1.02. The Morgan fingerprint density at radius 2 is 1.90 bits per heavy atom. The van der Waals surface area contributed by atoms with E-state index in [1.165, 1.54) is 12.1 Å². The number of nitrogens with zero attached hydrogens (tertiary/aromatic N) is 1. The lowest BCUT2D eigenvalue weighted by molar-refractivity contribution is 0.591. The van der Waals surface area contributed by atoms with E-state index in [-0.39, 0.29) is 15.2 Å². The minimum Gasteiger partial charge on any atom is -0.384 e. The first-order valence-corrected chi connectivity index (χ1v) is 7.46. The van der Waals surface area contributed by atoms with Gasteiger partial charge in [-0.05, 0) is 34.1 Å². The van der Waals surface area contributed by atoms with E-state index >= 15 is 0 Å². The third-order valence-corrected chi connectivity index (χ3v) is 4.28. The molecule has 0 bridgehead atoms. The highest BCUT2D eigenvalue weighted by Crippen LogP contribution is 2.25. The average Bonchev–Trinajstić information content (AvgIpc) is 2.36.